The van der Waals surface area contributed by atoms with Crippen LogP contribution in [0.3, 0.4) is 0 Å². The largest absolute Gasteiger partial charge is 0.490 e. The standard InChI is InChI=1S/C19H20N4O.C2HF3O2/c1-14-3-2-4-16(22-14)11-23-8-5-17-18(6-9-23)20-13-21-19(17)15-7-10-24-12-15;3-2(4,5)1(6)7/h2-4,7,10,12-13H,5-6,8-9,11H2,1H3;(H,6,7). The molecule has 0 amide bonds. The van der Waals surface area contributed by atoms with E-state index in [4.69, 9.17) is 14.3 Å². The maximum Gasteiger partial charge on any atom is 0.490 e. The van der Waals surface area contributed by atoms with Gasteiger partial charge in [0.2, 0.25) is 0 Å². The molecular weight excluding hydrogens is 413 g/mol. The number of carboxylic acid groups (broad SMARTS) is 1. The Kier molecular flexibility index (Phi) is 7.01. The SMILES string of the molecule is Cc1cccc(CN2CCc3ncnc(-c4ccoc4)c3CC2)n1.O=C(O)C(F)(F)F. The van der Waals surface area contributed by atoms with Crippen LogP contribution < -0.4 is 0 Å². The molecule has 0 bridgehead atoms. The highest BCUT2D eigenvalue weighted by molar-refractivity contribution is 5.73. The number of carboxylic acids is 1. The molecule has 1 N–H and O–H groups in total. The number of nitrogens with zero attached hydrogens (tertiary/aromatic N) is 4. The Morgan fingerprint density at radius 2 is 1.94 bits per heavy atom. The number of alkyl halides is 3. The molecule has 1 aliphatic rings. The van der Waals surface area contributed by atoms with Gasteiger partial charge >= 0.3 is 12.1 Å². The molecule has 3 aromatic heterocycles. The molecule has 0 aromatic carbocycles. The summed E-state index contributed by atoms with van der Waals surface area (Å²) in [6.07, 6.45) is 1.91. The number of carbonyl (C=O) groups is 1. The fourth-order valence-electron chi connectivity index (χ4n) is 3.30. The molecule has 0 saturated carbocycles. The van der Waals surface area contributed by atoms with Gasteiger partial charge in [-0.2, -0.15) is 13.2 Å². The van der Waals surface area contributed by atoms with E-state index in [1.807, 2.05) is 19.1 Å². The molecule has 10 heteroatoms. The lowest BCUT2D eigenvalue weighted by Crippen LogP contribution is -2.26. The summed E-state index contributed by atoms with van der Waals surface area (Å²) >= 11 is 0. The number of fused-ring (bicyclic) bond motifs is 1. The molecule has 1 aliphatic heterocycles. The summed E-state index contributed by atoms with van der Waals surface area (Å²) in [5.41, 5.74) is 6.63. The van der Waals surface area contributed by atoms with Crippen LogP contribution in [0.1, 0.15) is 22.6 Å². The number of aryl methyl sites for hydroxylation is 1. The lowest BCUT2D eigenvalue weighted by molar-refractivity contribution is -0.192. The van der Waals surface area contributed by atoms with E-state index in [0.29, 0.717) is 0 Å². The summed E-state index contributed by atoms with van der Waals surface area (Å²) in [7, 11) is 0. The van der Waals surface area contributed by atoms with Gasteiger partial charge in [0.25, 0.3) is 0 Å². The summed E-state index contributed by atoms with van der Waals surface area (Å²) in [5, 5.41) is 7.12. The molecule has 7 nitrogen and oxygen atoms in total. The van der Waals surface area contributed by atoms with Crippen molar-refractivity contribution in [3.05, 3.63) is 65.8 Å². The topological polar surface area (TPSA) is 92.4 Å². The van der Waals surface area contributed by atoms with Gasteiger partial charge in [-0.05, 0) is 31.5 Å². The Bertz CT molecular complexity index is 1020. The fourth-order valence-corrected chi connectivity index (χ4v) is 3.30. The van der Waals surface area contributed by atoms with Crippen molar-refractivity contribution in [1.82, 2.24) is 19.9 Å². The minimum Gasteiger partial charge on any atom is -0.475 e. The normalized spacial score (nSPS) is 14.2. The van der Waals surface area contributed by atoms with Gasteiger partial charge in [-0.3, -0.25) is 9.88 Å². The van der Waals surface area contributed by atoms with Gasteiger partial charge < -0.3 is 9.52 Å². The molecule has 0 atom stereocenters. The van der Waals surface area contributed by atoms with Crippen LogP contribution in [0, 0.1) is 6.92 Å². The third kappa shape index (κ3) is 6.11. The van der Waals surface area contributed by atoms with Crippen molar-refractivity contribution in [3.63, 3.8) is 0 Å². The van der Waals surface area contributed by atoms with Crippen molar-refractivity contribution < 1.29 is 27.5 Å². The number of hydrogen-bond acceptors (Lipinski definition) is 6. The van der Waals surface area contributed by atoms with Crippen molar-refractivity contribution in [1.29, 1.82) is 0 Å². The van der Waals surface area contributed by atoms with Gasteiger partial charge in [-0.1, -0.05) is 6.07 Å². The summed E-state index contributed by atoms with van der Waals surface area (Å²) in [6, 6.07) is 8.17. The smallest absolute Gasteiger partial charge is 0.475 e. The lowest BCUT2D eigenvalue weighted by Gasteiger charge is -2.19. The number of furan rings is 1. The Balaban J connectivity index is 0.000000339. The number of pyridine rings is 1. The van der Waals surface area contributed by atoms with Gasteiger partial charge in [0, 0.05) is 48.6 Å². The van der Waals surface area contributed by atoms with E-state index >= 15 is 0 Å². The molecule has 0 aliphatic carbocycles. The molecule has 164 valence electrons. The average molecular weight is 434 g/mol. The van der Waals surface area contributed by atoms with Crippen molar-refractivity contribution >= 4 is 5.97 Å². The Morgan fingerprint density at radius 3 is 2.58 bits per heavy atom. The van der Waals surface area contributed by atoms with E-state index < -0.39 is 12.1 Å². The van der Waals surface area contributed by atoms with Crippen molar-refractivity contribution in [2.45, 2.75) is 32.5 Å². The zero-order valence-corrected chi connectivity index (χ0v) is 16.8. The van der Waals surface area contributed by atoms with Crippen LogP contribution in [0.25, 0.3) is 11.3 Å². The van der Waals surface area contributed by atoms with E-state index in [9.17, 15) is 13.2 Å². The zero-order chi connectivity index (χ0) is 22.4. The highest BCUT2D eigenvalue weighted by atomic mass is 19.4. The highest BCUT2D eigenvalue weighted by Gasteiger charge is 2.38. The Morgan fingerprint density at radius 1 is 1.19 bits per heavy atom. The molecule has 0 fully saturated rings. The van der Waals surface area contributed by atoms with Gasteiger partial charge in [-0.25, -0.2) is 14.8 Å². The monoisotopic (exact) mass is 434 g/mol. The second kappa shape index (κ2) is 9.69. The van der Waals surface area contributed by atoms with Crippen molar-refractivity contribution in [2.75, 3.05) is 13.1 Å². The zero-order valence-electron chi connectivity index (χ0n) is 16.8. The summed E-state index contributed by atoms with van der Waals surface area (Å²) in [5.74, 6) is -2.76. The molecule has 31 heavy (non-hydrogen) atoms. The first kappa shape index (κ1) is 22.4. The van der Waals surface area contributed by atoms with Crippen LogP contribution >= 0.6 is 0 Å². The van der Waals surface area contributed by atoms with Crippen LogP contribution in [-0.2, 0) is 24.2 Å². The molecule has 0 saturated heterocycles. The fraction of sp³-hybridized carbons (Fsp3) is 0.333. The lowest BCUT2D eigenvalue weighted by atomic mass is 10.0. The third-order valence-electron chi connectivity index (χ3n) is 4.75. The third-order valence-corrected chi connectivity index (χ3v) is 4.75. The van der Waals surface area contributed by atoms with Crippen LogP contribution in [0.5, 0.6) is 0 Å². The minimum atomic E-state index is -5.08. The van der Waals surface area contributed by atoms with Crippen LogP contribution in [0.4, 0.5) is 13.2 Å². The number of aliphatic carboxylic acids is 1. The maximum atomic E-state index is 10.6. The first-order chi connectivity index (χ1) is 14.7. The molecule has 4 heterocycles. The first-order valence-electron chi connectivity index (χ1n) is 9.54. The minimum absolute atomic E-state index is 0.879. The van der Waals surface area contributed by atoms with Gasteiger partial charge in [-0.15, -0.1) is 0 Å². The average Bonchev–Trinajstić information content (AvgIpc) is 3.17. The second-order valence-electron chi connectivity index (χ2n) is 7.01. The Labute approximate surface area is 176 Å². The van der Waals surface area contributed by atoms with E-state index in [2.05, 4.69) is 32.0 Å². The van der Waals surface area contributed by atoms with Crippen molar-refractivity contribution in [3.8, 4) is 11.3 Å². The van der Waals surface area contributed by atoms with E-state index in [1.165, 1.54) is 5.56 Å². The molecule has 3 aromatic rings. The summed E-state index contributed by atoms with van der Waals surface area (Å²) in [6.45, 7) is 4.89. The maximum absolute atomic E-state index is 10.6. The number of rotatable bonds is 3. The van der Waals surface area contributed by atoms with Gasteiger partial charge in [0.1, 0.15) is 6.33 Å². The number of hydrogen-bond donors (Lipinski definition) is 1. The number of halogens is 3. The predicted molar refractivity (Wildman–Crippen MR) is 105 cm³/mol. The van der Waals surface area contributed by atoms with Crippen LogP contribution in [-0.4, -0.2) is 50.2 Å². The summed E-state index contributed by atoms with van der Waals surface area (Å²) < 4.78 is 37.0. The van der Waals surface area contributed by atoms with E-state index in [-0.39, 0.29) is 0 Å². The second-order valence-corrected chi connectivity index (χ2v) is 7.01. The quantitative estimate of drug-likeness (QED) is 0.672. The Hall–Kier alpha value is -3.27. The molecule has 4 rings (SSSR count). The van der Waals surface area contributed by atoms with E-state index in [1.54, 1.807) is 18.9 Å². The molecular formula is C21H21F3N4O3. The predicted octanol–water partition coefficient (Wildman–Crippen LogP) is 3.67. The molecule has 0 radical (unpaired) electrons. The molecule has 0 spiro atoms. The van der Waals surface area contributed by atoms with Crippen molar-refractivity contribution in [2.24, 2.45) is 0 Å². The van der Waals surface area contributed by atoms with Gasteiger partial charge in [0.15, 0.2) is 0 Å². The highest BCUT2D eigenvalue weighted by Crippen LogP contribution is 2.26. The van der Waals surface area contributed by atoms with Crippen LogP contribution in [0.15, 0.2) is 47.5 Å². The summed E-state index contributed by atoms with van der Waals surface area (Å²) in [4.78, 5) is 25.0. The van der Waals surface area contributed by atoms with E-state index in [0.717, 1.165) is 60.8 Å². The number of aromatic nitrogens is 3. The van der Waals surface area contributed by atoms with Gasteiger partial charge in [0.05, 0.1) is 23.9 Å². The first-order valence-corrected chi connectivity index (χ1v) is 9.54. The molecule has 0 unspecified atom stereocenters. The van der Waals surface area contributed by atoms with Crippen LogP contribution in [0.2, 0.25) is 0 Å².